The van der Waals surface area contributed by atoms with Gasteiger partial charge in [0.05, 0.1) is 5.02 Å². The maximum atomic E-state index is 11.5. The molecule has 0 spiro atoms. The Morgan fingerprint density at radius 3 is 2.38 bits per heavy atom. The number of urea groups is 1. The van der Waals surface area contributed by atoms with Crippen LogP contribution >= 0.6 is 11.6 Å². The van der Waals surface area contributed by atoms with Crippen LogP contribution in [0.4, 0.5) is 10.5 Å². The van der Waals surface area contributed by atoms with Crippen molar-refractivity contribution in [2.45, 2.75) is 52.7 Å². The van der Waals surface area contributed by atoms with E-state index in [1.54, 1.807) is 39.2 Å². The summed E-state index contributed by atoms with van der Waals surface area (Å²) in [7, 11) is 3.30. The zero-order chi connectivity index (χ0) is 19.9. The third kappa shape index (κ3) is 10.9. The molecule has 0 saturated carbocycles. The number of nitrogens with one attached hydrogen (secondary N) is 1. The summed E-state index contributed by atoms with van der Waals surface area (Å²) in [6.07, 6.45) is 10.1. The van der Waals surface area contributed by atoms with Gasteiger partial charge in [-0.15, -0.1) is 6.42 Å². The van der Waals surface area contributed by atoms with Gasteiger partial charge in [-0.3, -0.25) is 0 Å². The van der Waals surface area contributed by atoms with Gasteiger partial charge < -0.3 is 19.7 Å². The highest BCUT2D eigenvalue weighted by Crippen LogP contribution is 2.28. The Balaban J connectivity index is 0.000000896. The van der Waals surface area contributed by atoms with Gasteiger partial charge in [0.25, 0.3) is 0 Å². The molecular weight excluding hydrogens is 352 g/mol. The Labute approximate surface area is 163 Å². The van der Waals surface area contributed by atoms with Crippen LogP contribution in [0.2, 0.25) is 5.02 Å². The van der Waals surface area contributed by atoms with Gasteiger partial charge >= 0.3 is 6.03 Å². The predicted octanol–water partition coefficient (Wildman–Crippen LogP) is 5.39. The molecule has 0 aliphatic rings. The van der Waals surface area contributed by atoms with Gasteiger partial charge in [-0.05, 0) is 25.1 Å². The van der Waals surface area contributed by atoms with Crippen LogP contribution in [0.1, 0.15) is 46.5 Å². The van der Waals surface area contributed by atoms with Crippen LogP contribution in [0.5, 0.6) is 5.75 Å². The van der Waals surface area contributed by atoms with E-state index in [4.69, 9.17) is 27.5 Å². The van der Waals surface area contributed by atoms with E-state index in [9.17, 15) is 4.79 Å². The van der Waals surface area contributed by atoms with Crippen molar-refractivity contribution in [3.8, 4) is 18.1 Å². The molecule has 1 rings (SSSR count). The fraction of sp³-hybridized carbons (Fsp3) is 0.550. The van der Waals surface area contributed by atoms with Gasteiger partial charge in [0, 0.05) is 19.8 Å². The lowest BCUT2D eigenvalue weighted by Gasteiger charge is -2.16. The minimum absolute atomic E-state index is 0.162. The van der Waals surface area contributed by atoms with Gasteiger partial charge in [0.15, 0.2) is 6.29 Å². The van der Waals surface area contributed by atoms with E-state index in [2.05, 4.69) is 25.1 Å². The first kappa shape index (κ1) is 24.1. The van der Waals surface area contributed by atoms with Crippen molar-refractivity contribution in [2.24, 2.45) is 0 Å². The van der Waals surface area contributed by atoms with E-state index in [-0.39, 0.29) is 12.6 Å². The Morgan fingerprint density at radius 1 is 1.31 bits per heavy atom. The summed E-state index contributed by atoms with van der Waals surface area (Å²) < 4.78 is 10.7. The van der Waals surface area contributed by atoms with E-state index in [1.807, 2.05) is 0 Å². The number of rotatable bonds is 8. The van der Waals surface area contributed by atoms with E-state index >= 15 is 0 Å². The first-order chi connectivity index (χ1) is 12.3. The lowest BCUT2D eigenvalue weighted by atomic mass is 10.2. The summed E-state index contributed by atoms with van der Waals surface area (Å²) in [6, 6.07) is 4.71. The number of nitrogens with zero attached hydrogens (tertiary/aromatic N) is 1. The third-order valence-corrected chi connectivity index (χ3v) is 3.54. The van der Waals surface area contributed by atoms with E-state index < -0.39 is 6.29 Å². The summed E-state index contributed by atoms with van der Waals surface area (Å²) in [4.78, 5) is 12.9. The van der Waals surface area contributed by atoms with Crippen LogP contribution in [0, 0.1) is 12.3 Å². The molecule has 0 saturated heterocycles. The number of benzene rings is 1. The second-order valence-corrected chi connectivity index (χ2v) is 6.28. The lowest BCUT2D eigenvalue weighted by molar-refractivity contribution is -0.0527. The highest BCUT2D eigenvalue weighted by Gasteiger charge is 2.10. The number of halogens is 1. The summed E-state index contributed by atoms with van der Waals surface area (Å²) >= 11 is 6.08. The average molecular weight is 383 g/mol. The van der Waals surface area contributed by atoms with E-state index in [0.717, 1.165) is 0 Å². The Morgan fingerprint density at radius 2 is 1.92 bits per heavy atom. The molecule has 26 heavy (non-hydrogen) atoms. The number of carbonyl (C=O) groups excluding carboxylic acids is 1. The normalized spacial score (nSPS) is 10.8. The molecule has 6 heteroatoms. The standard InChI is InChI=1S/C14H17ClN2O3.C6H14/c1-5-8-19-10(2)20-13-7-6-11(9-12(13)15)16-14(18)17(3)4;1-3-5-6-4-2/h1,6-7,9-10H,8H2,2-4H3,(H,16,18);3-6H2,1-2H3. The highest BCUT2D eigenvalue weighted by atomic mass is 35.5. The molecule has 2 amide bonds. The molecule has 1 N–H and O–H groups in total. The minimum atomic E-state index is -0.509. The van der Waals surface area contributed by atoms with Gasteiger partial charge in [0.2, 0.25) is 0 Å². The average Bonchev–Trinajstić information content (AvgIpc) is 2.60. The Hall–Kier alpha value is -1.90. The molecule has 1 aromatic rings. The third-order valence-electron chi connectivity index (χ3n) is 3.24. The molecule has 1 aromatic carbocycles. The molecule has 146 valence electrons. The molecule has 1 atom stereocenters. The Kier molecular flexibility index (Phi) is 13.2. The zero-order valence-electron chi connectivity index (χ0n) is 16.5. The molecule has 0 aliphatic heterocycles. The second-order valence-electron chi connectivity index (χ2n) is 5.88. The number of hydrogen-bond donors (Lipinski definition) is 1. The molecule has 0 radical (unpaired) electrons. The van der Waals surface area contributed by atoms with Crippen LogP contribution < -0.4 is 10.1 Å². The fourth-order valence-corrected chi connectivity index (χ4v) is 2.01. The fourth-order valence-electron chi connectivity index (χ4n) is 1.79. The maximum absolute atomic E-state index is 11.5. The molecule has 5 nitrogen and oxygen atoms in total. The number of hydrogen-bond acceptors (Lipinski definition) is 3. The second kappa shape index (κ2) is 14.3. The van der Waals surface area contributed by atoms with Crippen LogP contribution in [-0.2, 0) is 4.74 Å². The molecule has 0 bridgehead atoms. The largest absolute Gasteiger partial charge is 0.464 e. The van der Waals surface area contributed by atoms with Gasteiger partial charge in [0.1, 0.15) is 12.4 Å². The number of ether oxygens (including phenoxy) is 2. The van der Waals surface area contributed by atoms with Crippen LogP contribution in [0.15, 0.2) is 18.2 Å². The van der Waals surface area contributed by atoms with Gasteiger partial charge in [-0.2, -0.15) is 0 Å². The Bertz CT molecular complexity index is 567. The topological polar surface area (TPSA) is 50.8 Å². The first-order valence-corrected chi connectivity index (χ1v) is 9.23. The molecule has 0 aliphatic carbocycles. The number of carbonyl (C=O) groups is 1. The van der Waals surface area contributed by atoms with Crippen molar-refractivity contribution in [2.75, 3.05) is 26.0 Å². The number of terminal acetylenes is 1. The monoisotopic (exact) mass is 382 g/mol. The van der Waals surface area contributed by atoms with Crippen LogP contribution in [0.3, 0.4) is 0 Å². The lowest BCUT2D eigenvalue weighted by Crippen LogP contribution is -2.27. The summed E-state index contributed by atoms with van der Waals surface area (Å²) in [5.41, 5.74) is 0.582. The number of unbranched alkanes of at least 4 members (excludes halogenated alkanes) is 3. The van der Waals surface area contributed by atoms with E-state index in [0.29, 0.717) is 16.5 Å². The molecular formula is C20H31ClN2O3. The molecule has 0 heterocycles. The summed E-state index contributed by atoms with van der Waals surface area (Å²) in [5, 5.41) is 3.06. The number of anilines is 1. The number of amides is 2. The maximum Gasteiger partial charge on any atom is 0.321 e. The molecule has 0 fully saturated rings. The predicted molar refractivity (Wildman–Crippen MR) is 109 cm³/mol. The first-order valence-electron chi connectivity index (χ1n) is 8.85. The molecule has 0 aromatic heterocycles. The van der Waals surface area contributed by atoms with Gasteiger partial charge in [-0.25, -0.2) is 4.79 Å². The van der Waals surface area contributed by atoms with Crippen molar-refractivity contribution in [1.82, 2.24) is 4.90 Å². The zero-order valence-corrected chi connectivity index (χ0v) is 17.2. The summed E-state index contributed by atoms with van der Waals surface area (Å²) in [5.74, 6) is 2.81. The summed E-state index contributed by atoms with van der Waals surface area (Å²) in [6.45, 7) is 6.34. The van der Waals surface area contributed by atoms with E-state index in [1.165, 1.54) is 30.6 Å². The van der Waals surface area contributed by atoms with Crippen LogP contribution in [0.25, 0.3) is 0 Å². The highest BCUT2D eigenvalue weighted by molar-refractivity contribution is 6.32. The van der Waals surface area contributed by atoms with Gasteiger partial charge in [-0.1, -0.05) is 57.1 Å². The minimum Gasteiger partial charge on any atom is -0.464 e. The van der Waals surface area contributed by atoms with Crippen molar-refractivity contribution in [3.05, 3.63) is 23.2 Å². The smallest absolute Gasteiger partial charge is 0.321 e. The van der Waals surface area contributed by atoms with Crippen molar-refractivity contribution in [1.29, 1.82) is 0 Å². The molecule has 1 unspecified atom stereocenters. The quantitative estimate of drug-likeness (QED) is 0.372. The SMILES string of the molecule is C#CCOC(C)Oc1ccc(NC(=O)N(C)C)cc1Cl.CCCCCC. The van der Waals surface area contributed by atoms with Crippen LogP contribution in [-0.4, -0.2) is 37.9 Å². The van der Waals surface area contributed by atoms with Crippen molar-refractivity contribution < 1.29 is 14.3 Å². The van der Waals surface area contributed by atoms with Crippen molar-refractivity contribution in [3.63, 3.8) is 0 Å². The van der Waals surface area contributed by atoms with Crippen molar-refractivity contribution >= 4 is 23.3 Å².